The molecule has 2 aromatic rings. The van der Waals surface area contributed by atoms with Crippen molar-refractivity contribution in [3.05, 3.63) is 70.3 Å². The number of rotatable bonds is 4. The van der Waals surface area contributed by atoms with Crippen LogP contribution in [-0.4, -0.2) is 10.8 Å². The van der Waals surface area contributed by atoms with Gasteiger partial charge >= 0.3 is 0 Å². The van der Waals surface area contributed by atoms with E-state index in [1.165, 1.54) is 12.1 Å². The second kappa shape index (κ2) is 5.36. The number of benzene rings is 2. The number of anilines is 1. The van der Waals surface area contributed by atoms with Crippen molar-refractivity contribution < 1.29 is 9.72 Å². The van der Waals surface area contributed by atoms with Crippen LogP contribution in [0.5, 0.6) is 0 Å². The minimum atomic E-state index is -0.473. The summed E-state index contributed by atoms with van der Waals surface area (Å²) in [5.74, 6) is 0.126. The van der Waals surface area contributed by atoms with Gasteiger partial charge in [0, 0.05) is 23.7 Å². The summed E-state index contributed by atoms with van der Waals surface area (Å²) in [6, 6.07) is 15.9. The van der Waals surface area contributed by atoms with Crippen molar-refractivity contribution in [3.63, 3.8) is 0 Å². The van der Waals surface area contributed by atoms with Crippen LogP contribution in [0.15, 0.2) is 54.6 Å². The Balaban J connectivity index is 1.66. The van der Waals surface area contributed by atoms with Gasteiger partial charge in [0.2, 0.25) is 5.91 Å². The lowest BCUT2D eigenvalue weighted by Crippen LogP contribution is -2.14. The number of carbonyl (C=O) groups is 1. The van der Waals surface area contributed by atoms with Gasteiger partial charge in [-0.2, -0.15) is 0 Å². The molecule has 1 aliphatic rings. The van der Waals surface area contributed by atoms with E-state index in [4.69, 9.17) is 0 Å². The lowest BCUT2D eigenvalue weighted by molar-refractivity contribution is -0.384. The van der Waals surface area contributed by atoms with Crippen LogP contribution in [0.25, 0.3) is 0 Å². The summed E-state index contributed by atoms with van der Waals surface area (Å²) in [6.07, 6.45) is 0.824. The smallest absolute Gasteiger partial charge is 0.271 e. The van der Waals surface area contributed by atoms with Gasteiger partial charge in [0.25, 0.3) is 5.69 Å². The first-order valence-corrected chi connectivity index (χ1v) is 6.75. The predicted octanol–water partition coefficient (Wildman–Crippen LogP) is 3.34. The number of hydrogen-bond acceptors (Lipinski definition) is 3. The molecule has 0 aromatic heterocycles. The highest BCUT2D eigenvalue weighted by Crippen LogP contribution is 2.47. The third kappa shape index (κ3) is 2.91. The molecule has 1 aliphatic carbocycles. The van der Waals surface area contributed by atoms with Gasteiger partial charge in [-0.05, 0) is 24.0 Å². The Hall–Kier alpha value is -2.69. The topological polar surface area (TPSA) is 72.2 Å². The number of carbonyl (C=O) groups excluding carboxylic acids is 1. The number of nitro groups is 1. The number of non-ortho nitro benzene ring substituents is 1. The Morgan fingerprint density at radius 1 is 1.14 bits per heavy atom. The van der Waals surface area contributed by atoms with Crippen molar-refractivity contribution in [1.29, 1.82) is 0 Å². The standard InChI is InChI=1S/C16H14N2O3/c19-16(15-10-14(15)11-5-2-1-3-6-11)17-12-7-4-8-13(9-12)18(20)21/h1-9,14-15H,10H2,(H,17,19). The third-order valence-corrected chi connectivity index (χ3v) is 3.68. The van der Waals surface area contributed by atoms with Crippen molar-refractivity contribution >= 4 is 17.3 Å². The average molecular weight is 282 g/mol. The minimum Gasteiger partial charge on any atom is -0.326 e. The van der Waals surface area contributed by atoms with Crippen molar-refractivity contribution in [2.45, 2.75) is 12.3 Å². The first-order chi connectivity index (χ1) is 10.1. The third-order valence-electron chi connectivity index (χ3n) is 3.68. The van der Waals surface area contributed by atoms with Gasteiger partial charge in [-0.25, -0.2) is 0 Å². The number of amides is 1. The molecule has 2 atom stereocenters. The Morgan fingerprint density at radius 3 is 2.62 bits per heavy atom. The minimum absolute atomic E-state index is 0.0248. The van der Waals surface area contributed by atoms with E-state index in [2.05, 4.69) is 5.32 Å². The second-order valence-corrected chi connectivity index (χ2v) is 5.16. The molecule has 5 heteroatoms. The molecule has 1 saturated carbocycles. The lowest BCUT2D eigenvalue weighted by atomic mass is 10.1. The highest BCUT2D eigenvalue weighted by atomic mass is 16.6. The van der Waals surface area contributed by atoms with Gasteiger partial charge in [0.1, 0.15) is 0 Å². The molecule has 1 N–H and O–H groups in total. The Kier molecular flexibility index (Phi) is 3.39. The van der Waals surface area contributed by atoms with Crippen LogP contribution in [0.2, 0.25) is 0 Å². The maximum Gasteiger partial charge on any atom is 0.271 e. The van der Waals surface area contributed by atoms with E-state index < -0.39 is 4.92 Å². The summed E-state index contributed by atoms with van der Waals surface area (Å²) in [6.45, 7) is 0. The van der Waals surface area contributed by atoms with E-state index in [0.29, 0.717) is 5.69 Å². The van der Waals surface area contributed by atoms with Crippen LogP contribution in [0.4, 0.5) is 11.4 Å². The quantitative estimate of drug-likeness (QED) is 0.690. The molecular weight excluding hydrogens is 268 g/mol. The Morgan fingerprint density at radius 2 is 1.90 bits per heavy atom. The van der Waals surface area contributed by atoms with E-state index in [-0.39, 0.29) is 23.4 Å². The van der Waals surface area contributed by atoms with E-state index in [1.54, 1.807) is 12.1 Å². The van der Waals surface area contributed by atoms with Crippen LogP contribution >= 0.6 is 0 Å². The molecule has 3 rings (SSSR count). The van der Waals surface area contributed by atoms with Gasteiger partial charge in [-0.1, -0.05) is 36.4 Å². The molecule has 1 fully saturated rings. The van der Waals surface area contributed by atoms with Gasteiger partial charge in [-0.15, -0.1) is 0 Å². The molecule has 0 bridgehead atoms. The van der Waals surface area contributed by atoms with E-state index in [0.717, 1.165) is 12.0 Å². The number of nitrogens with zero attached hydrogens (tertiary/aromatic N) is 1. The summed E-state index contributed by atoms with van der Waals surface area (Å²) < 4.78 is 0. The summed E-state index contributed by atoms with van der Waals surface area (Å²) in [4.78, 5) is 22.4. The maximum atomic E-state index is 12.2. The fourth-order valence-corrected chi connectivity index (χ4v) is 2.49. The van der Waals surface area contributed by atoms with Crippen LogP contribution in [0.1, 0.15) is 17.9 Å². The molecule has 0 spiro atoms. The molecule has 0 heterocycles. The van der Waals surface area contributed by atoms with Crippen LogP contribution in [0, 0.1) is 16.0 Å². The van der Waals surface area contributed by atoms with Crippen molar-refractivity contribution in [2.24, 2.45) is 5.92 Å². The first-order valence-electron chi connectivity index (χ1n) is 6.75. The van der Waals surface area contributed by atoms with Gasteiger partial charge in [-0.3, -0.25) is 14.9 Å². The van der Waals surface area contributed by atoms with E-state index >= 15 is 0 Å². The van der Waals surface area contributed by atoms with Crippen molar-refractivity contribution in [2.75, 3.05) is 5.32 Å². The molecule has 0 radical (unpaired) electrons. The molecule has 0 saturated heterocycles. The number of nitrogens with one attached hydrogen (secondary N) is 1. The molecule has 2 aromatic carbocycles. The molecule has 5 nitrogen and oxygen atoms in total. The number of hydrogen-bond donors (Lipinski definition) is 1. The largest absolute Gasteiger partial charge is 0.326 e. The number of nitro benzene ring substituents is 1. The van der Waals surface area contributed by atoms with E-state index in [9.17, 15) is 14.9 Å². The average Bonchev–Trinajstić information content (AvgIpc) is 3.29. The highest BCUT2D eigenvalue weighted by molar-refractivity contribution is 5.95. The molecule has 21 heavy (non-hydrogen) atoms. The zero-order valence-corrected chi connectivity index (χ0v) is 11.2. The molecule has 1 amide bonds. The normalized spacial score (nSPS) is 19.8. The highest BCUT2D eigenvalue weighted by Gasteiger charge is 2.43. The summed E-state index contributed by atoms with van der Waals surface area (Å²) in [5, 5.41) is 13.5. The van der Waals surface area contributed by atoms with Crippen LogP contribution in [-0.2, 0) is 4.79 Å². The second-order valence-electron chi connectivity index (χ2n) is 5.16. The summed E-state index contributed by atoms with van der Waals surface area (Å²) in [5.41, 5.74) is 1.60. The zero-order chi connectivity index (χ0) is 14.8. The summed E-state index contributed by atoms with van der Waals surface area (Å²) in [7, 11) is 0. The van der Waals surface area contributed by atoms with Crippen molar-refractivity contribution in [3.8, 4) is 0 Å². The molecule has 2 unspecified atom stereocenters. The molecular formula is C16H14N2O3. The Labute approximate surface area is 121 Å². The summed E-state index contributed by atoms with van der Waals surface area (Å²) >= 11 is 0. The fraction of sp³-hybridized carbons (Fsp3) is 0.188. The molecule has 106 valence electrons. The SMILES string of the molecule is O=C(Nc1cccc([N+](=O)[O-])c1)C1CC1c1ccccc1. The van der Waals surface area contributed by atoms with Crippen molar-refractivity contribution in [1.82, 2.24) is 0 Å². The first kappa shape index (κ1) is 13.3. The van der Waals surface area contributed by atoms with Crippen LogP contribution < -0.4 is 5.32 Å². The molecule has 0 aliphatic heterocycles. The Bertz CT molecular complexity index is 685. The van der Waals surface area contributed by atoms with Gasteiger partial charge in [0.15, 0.2) is 0 Å². The predicted molar refractivity (Wildman–Crippen MR) is 79.0 cm³/mol. The maximum absolute atomic E-state index is 12.2. The lowest BCUT2D eigenvalue weighted by Gasteiger charge is -2.05. The monoisotopic (exact) mass is 282 g/mol. The van der Waals surface area contributed by atoms with Crippen LogP contribution in [0.3, 0.4) is 0 Å². The van der Waals surface area contributed by atoms with E-state index in [1.807, 2.05) is 30.3 Å². The zero-order valence-electron chi connectivity index (χ0n) is 11.2. The fourth-order valence-electron chi connectivity index (χ4n) is 2.49. The van der Waals surface area contributed by atoms with Gasteiger partial charge < -0.3 is 5.32 Å². The van der Waals surface area contributed by atoms with Gasteiger partial charge in [0.05, 0.1) is 4.92 Å².